The molecule has 5 nitrogen and oxygen atoms in total. The lowest BCUT2D eigenvalue weighted by Gasteiger charge is -2.17. The first-order valence-electron chi connectivity index (χ1n) is 6.02. The van der Waals surface area contributed by atoms with Crippen molar-refractivity contribution in [1.82, 2.24) is 5.32 Å². The maximum Gasteiger partial charge on any atom is 0.253 e. The first-order valence-corrected chi connectivity index (χ1v) is 6.82. The number of hydrogen-bond donors (Lipinski definition) is 2. The van der Waals surface area contributed by atoms with E-state index in [4.69, 9.17) is 15.2 Å². The van der Waals surface area contributed by atoms with Gasteiger partial charge in [0.15, 0.2) is 5.79 Å². The van der Waals surface area contributed by atoms with Gasteiger partial charge in [-0.25, -0.2) is 0 Å². The molecular formula is C13H17BrN2O3. The number of carbonyl (C=O) groups is 1. The Balaban J connectivity index is 1.93. The fourth-order valence-electron chi connectivity index (χ4n) is 1.89. The molecule has 1 fully saturated rings. The van der Waals surface area contributed by atoms with E-state index in [1.807, 2.05) is 13.8 Å². The summed E-state index contributed by atoms with van der Waals surface area (Å²) >= 11 is 3.32. The lowest BCUT2D eigenvalue weighted by Crippen LogP contribution is -2.34. The van der Waals surface area contributed by atoms with Crippen molar-refractivity contribution in [2.75, 3.05) is 18.9 Å². The summed E-state index contributed by atoms with van der Waals surface area (Å²) in [5.41, 5.74) is 6.68. The molecule has 1 aromatic carbocycles. The highest BCUT2D eigenvalue weighted by Crippen LogP contribution is 2.22. The maximum absolute atomic E-state index is 12.0. The van der Waals surface area contributed by atoms with E-state index in [-0.39, 0.29) is 12.0 Å². The molecule has 1 saturated heterocycles. The molecular weight excluding hydrogens is 312 g/mol. The van der Waals surface area contributed by atoms with Gasteiger partial charge in [0.05, 0.1) is 12.2 Å². The molecule has 19 heavy (non-hydrogen) atoms. The summed E-state index contributed by atoms with van der Waals surface area (Å²) in [5, 5.41) is 2.80. The highest BCUT2D eigenvalue weighted by atomic mass is 79.9. The molecule has 0 aliphatic carbocycles. The van der Waals surface area contributed by atoms with E-state index >= 15 is 0 Å². The van der Waals surface area contributed by atoms with E-state index in [2.05, 4.69) is 21.2 Å². The predicted octanol–water partition coefficient (Wildman–Crippen LogP) is 1.91. The van der Waals surface area contributed by atoms with Crippen LogP contribution in [0.2, 0.25) is 0 Å². The van der Waals surface area contributed by atoms with E-state index in [0.717, 1.165) is 4.47 Å². The van der Waals surface area contributed by atoms with Gasteiger partial charge in [0.1, 0.15) is 6.10 Å². The molecule has 1 heterocycles. The van der Waals surface area contributed by atoms with Gasteiger partial charge in [-0.2, -0.15) is 0 Å². The van der Waals surface area contributed by atoms with E-state index in [0.29, 0.717) is 24.4 Å². The van der Waals surface area contributed by atoms with Gasteiger partial charge in [-0.1, -0.05) is 15.9 Å². The molecule has 1 aliphatic heterocycles. The van der Waals surface area contributed by atoms with E-state index in [1.54, 1.807) is 18.2 Å². The predicted molar refractivity (Wildman–Crippen MR) is 75.8 cm³/mol. The van der Waals surface area contributed by atoms with Crippen molar-refractivity contribution >= 4 is 27.5 Å². The number of amides is 1. The van der Waals surface area contributed by atoms with Crippen LogP contribution in [0.25, 0.3) is 0 Å². The van der Waals surface area contributed by atoms with Gasteiger partial charge in [-0.3, -0.25) is 4.79 Å². The molecule has 1 amide bonds. The number of anilines is 1. The first-order chi connectivity index (χ1) is 8.87. The molecule has 1 aromatic rings. The van der Waals surface area contributed by atoms with Gasteiger partial charge in [-0.05, 0) is 32.0 Å². The van der Waals surface area contributed by atoms with Gasteiger partial charge in [0.2, 0.25) is 0 Å². The summed E-state index contributed by atoms with van der Waals surface area (Å²) < 4.78 is 11.9. The number of nitrogen functional groups attached to an aromatic ring is 1. The number of rotatable bonds is 3. The molecule has 1 aliphatic rings. The summed E-state index contributed by atoms with van der Waals surface area (Å²) in [6, 6.07) is 5.18. The van der Waals surface area contributed by atoms with Crippen molar-refractivity contribution in [3.63, 3.8) is 0 Å². The molecule has 3 N–H and O–H groups in total. The molecule has 0 radical (unpaired) electrons. The monoisotopic (exact) mass is 328 g/mol. The highest BCUT2D eigenvalue weighted by Gasteiger charge is 2.32. The Hall–Kier alpha value is -1.11. The van der Waals surface area contributed by atoms with Crippen molar-refractivity contribution in [2.45, 2.75) is 25.7 Å². The number of nitrogens with one attached hydrogen (secondary N) is 1. The SMILES string of the molecule is CC1(C)OCC(CNC(=O)c2cc(Br)ccc2N)O1. The van der Waals surface area contributed by atoms with Crippen LogP contribution in [-0.4, -0.2) is 30.9 Å². The second-order valence-corrected chi connectivity index (χ2v) is 5.81. The lowest BCUT2D eigenvalue weighted by atomic mass is 10.1. The fraction of sp³-hybridized carbons (Fsp3) is 0.462. The van der Waals surface area contributed by atoms with Crippen LogP contribution < -0.4 is 11.1 Å². The van der Waals surface area contributed by atoms with Crippen LogP contribution in [0, 0.1) is 0 Å². The van der Waals surface area contributed by atoms with Crippen LogP contribution in [0.15, 0.2) is 22.7 Å². The summed E-state index contributed by atoms with van der Waals surface area (Å²) in [6.07, 6.45) is -0.132. The minimum atomic E-state index is -0.579. The van der Waals surface area contributed by atoms with Crippen LogP contribution in [0.3, 0.4) is 0 Å². The Kier molecular flexibility index (Phi) is 4.13. The minimum Gasteiger partial charge on any atom is -0.398 e. The van der Waals surface area contributed by atoms with Gasteiger partial charge < -0.3 is 20.5 Å². The number of ether oxygens (including phenoxy) is 2. The number of nitrogens with two attached hydrogens (primary N) is 1. The zero-order valence-electron chi connectivity index (χ0n) is 10.9. The summed E-state index contributed by atoms with van der Waals surface area (Å²) in [7, 11) is 0. The standard InChI is InChI=1S/C13H17BrN2O3/c1-13(2)18-7-9(19-13)6-16-12(17)10-5-8(14)3-4-11(10)15/h3-5,9H,6-7,15H2,1-2H3,(H,16,17). The fourth-order valence-corrected chi connectivity index (χ4v) is 2.25. The lowest BCUT2D eigenvalue weighted by molar-refractivity contribution is -0.137. The second-order valence-electron chi connectivity index (χ2n) is 4.89. The largest absolute Gasteiger partial charge is 0.398 e. The average Bonchev–Trinajstić information content (AvgIpc) is 2.69. The van der Waals surface area contributed by atoms with Gasteiger partial charge in [0.25, 0.3) is 5.91 Å². The Morgan fingerprint density at radius 2 is 2.32 bits per heavy atom. The van der Waals surface area contributed by atoms with Gasteiger partial charge in [-0.15, -0.1) is 0 Å². The maximum atomic E-state index is 12.0. The average molecular weight is 329 g/mol. The molecule has 6 heteroatoms. The minimum absolute atomic E-state index is 0.132. The van der Waals surface area contributed by atoms with Crippen molar-refractivity contribution in [3.8, 4) is 0 Å². The van der Waals surface area contributed by atoms with Crippen LogP contribution in [0.4, 0.5) is 5.69 Å². The molecule has 2 rings (SSSR count). The van der Waals surface area contributed by atoms with Gasteiger partial charge >= 0.3 is 0 Å². The summed E-state index contributed by atoms with van der Waals surface area (Å²) in [5.74, 6) is -0.795. The molecule has 0 saturated carbocycles. The Morgan fingerprint density at radius 3 is 2.95 bits per heavy atom. The zero-order valence-corrected chi connectivity index (χ0v) is 12.5. The Bertz CT molecular complexity index is 491. The van der Waals surface area contributed by atoms with E-state index in [9.17, 15) is 4.79 Å². The van der Waals surface area contributed by atoms with Gasteiger partial charge in [0, 0.05) is 16.7 Å². The first kappa shape index (κ1) is 14.3. The topological polar surface area (TPSA) is 73.6 Å². The number of benzene rings is 1. The third kappa shape index (κ3) is 3.68. The Morgan fingerprint density at radius 1 is 1.58 bits per heavy atom. The molecule has 104 valence electrons. The second kappa shape index (κ2) is 5.48. The third-order valence-corrected chi connectivity index (χ3v) is 3.31. The molecule has 0 spiro atoms. The number of halogens is 1. The summed E-state index contributed by atoms with van der Waals surface area (Å²) in [6.45, 7) is 4.57. The van der Waals surface area contributed by atoms with Crippen molar-refractivity contribution < 1.29 is 14.3 Å². The van der Waals surface area contributed by atoms with Crippen LogP contribution in [0.5, 0.6) is 0 Å². The molecule has 1 atom stereocenters. The highest BCUT2D eigenvalue weighted by molar-refractivity contribution is 9.10. The Labute approximate surface area is 120 Å². The molecule has 0 bridgehead atoms. The molecule has 0 aromatic heterocycles. The number of carbonyl (C=O) groups excluding carboxylic acids is 1. The third-order valence-electron chi connectivity index (χ3n) is 2.82. The smallest absolute Gasteiger partial charge is 0.253 e. The summed E-state index contributed by atoms with van der Waals surface area (Å²) in [4.78, 5) is 12.0. The van der Waals surface area contributed by atoms with Crippen molar-refractivity contribution in [2.24, 2.45) is 0 Å². The van der Waals surface area contributed by atoms with Crippen molar-refractivity contribution in [1.29, 1.82) is 0 Å². The van der Waals surface area contributed by atoms with E-state index < -0.39 is 5.79 Å². The normalized spacial score (nSPS) is 21.3. The van der Waals surface area contributed by atoms with Crippen LogP contribution >= 0.6 is 15.9 Å². The number of hydrogen-bond acceptors (Lipinski definition) is 4. The zero-order chi connectivity index (χ0) is 14.0. The van der Waals surface area contributed by atoms with E-state index in [1.165, 1.54) is 0 Å². The van der Waals surface area contributed by atoms with Crippen LogP contribution in [-0.2, 0) is 9.47 Å². The molecule has 1 unspecified atom stereocenters. The van der Waals surface area contributed by atoms with Crippen molar-refractivity contribution in [3.05, 3.63) is 28.2 Å². The quantitative estimate of drug-likeness (QED) is 0.831. The van der Waals surface area contributed by atoms with Crippen LogP contribution in [0.1, 0.15) is 24.2 Å².